The van der Waals surface area contributed by atoms with E-state index >= 15 is 0 Å². The number of benzene rings is 2. The van der Waals surface area contributed by atoms with Crippen LogP contribution in [0.1, 0.15) is 17.5 Å². The molecule has 1 saturated carbocycles. The molecular formula is C23H18BrN3O5. The third-order valence-electron chi connectivity index (χ3n) is 6.25. The van der Waals surface area contributed by atoms with Crippen molar-refractivity contribution < 1.29 is 19.2 Å². The molecule has 8 nitrogen and oxygen atoms in total. The molecule has 3 aliphatic rings. The minimum atomic E-state index is -0.456. The molecule has 1 aliphatic heterocycles. The molecule has 9 heteroatoms. The molecule has 2 fully saturated rings. The number of rotatable bonds is 6. The van der Waals surface area contributed by atoms with Crippen LogP contribution in [0, 0.1) is 33.8 Å². The van der Waals surface area contributed by atoms with E-state index in [1.54, 1.807) is 30.3 Å². The highest BCUT2D eigenvalue weighted by molar-refractivity contribution is 9.10. The van der Waals surface area contributed by atoms with Crippen LogP contribution in [-0.4, -0.2) is 28.0 Å². The van der Waals surface area contributed by atoms with E-state index in [9.17, 15) is 19.7 Å². The Labute approximate surface area is 191 Å². The number of ether oxygens (including phenoxy) is 1. The molecule has 2 amide bonds. The van der Waals surface area contributed by atoms with Crippen LogP contribution in [0.4, 0.5) is 5.69 Å². The Kier molecular flexibility index (Phi) is 5.13. The van der Waals surface area contributed by atoms with Crippen LogP contribution < -0.4 is 4.74 Å². The second-order valence-electron chi connectivity index (χ2n) is 8.13. The van der Waals surface area contributed by atoms with Gasteiger partial charge in [0.05, 0.1) is 23.0 Å². The summed E-state index contributed by atoms with van der Waals surface area (Å²) in [5.74, 6) is -0.375. The zero-order valence-electron chi connectivity index (χ0n) is 16.8. The molecule has 4 atom stereocenters. The van der Waals surface area contributed by atoms with Gasteiger partial charge in [-0.25, -0.2) is 0 Å². The Hall–Kier alpha value is -3.33. The summed E-state index contributed by atoms with van der Waals surface area (Å²) in [6.07, 6.45) is 6.39. The Morgan fingerprint density at radius 1 is 1.12 bits per heavy atom. The van der Waals surface area contributed by atoms with E-state index in [4.69, 9.17) is 4.74 Å². The Morgan fingerprint density at radius 3 is 2.53 bits per heavy atom. The number of carbonyl (C=O) groups is 2. The second kappa shape index (κ2) is 7.98. The zero-order valence-corrected chi connectivity index (χ0v) is 18.3. The van der Waals surface area contributed by atoms with Crippen LogP contribution in [0.5, 0.6) is 5.75 Å². The van der Waals surface area contributed by atoms with Crippen molar-refractivity contribution in [2.24, 2.45) is 28.8 Å². The van der Waals surface area contributed by atoms with E-state index < -0.39 is 4.92 Å². The molecule has 2 bridgehead atoms. The number of non-ortho nitro benzene ring substituents is 1. The topological polar surface area (TPSA) is 102 Å². The number of halogens is 1. The van der Waals surface area contributed by atoms with E-state index in [0.29, 0.717) is 16.9 Å². The van der Waals surface area contributed by atoms with Gasteiger partial charge < -0.3 is 4.74 Å². The first-order chi connectivity index (χ1) is 15.4. The molecule has 5 rings (SSSR count). The van der Waals surface area contributed by atoms with Crippen molar-refractivity contribution in [3.63, 3.8) is 0 Å². The average Bonchev–Trinajstić information content (AvgIpc) is 3.46. The van der Waals surface area contributed by atoms with E-state index in [-0.39, 0.29) is 47.8 Å². The number of nitro groups is 1. The summed E-state index contributed by atoms with van der Waals surface area (Å²) in [6.45, 7) is 0.116. The van der Waals surface area contributed by atoms with Crippen molar-refractivity contribution in [3.8, 4) is 5.75 Å². The number of nitro benzene ring substituents is 1. The van der Waals surface area contributed by atoms with Crippen molar-refractivity contribution in [3.05, 3.63) is 80.3 Å². The van der Waals surface area contributed by atoms with Crippen LogP contribution in [0.15, 0.2) is 64.2 Å². The maximum Gasteiger partial charge on any atom is 0.269 e. The zero-order chi connectivity index (χ0) is 22.4. The number of carbonyl (C=O) groups excluding carboxylic acids is 2. The van der Waals surface area contributed by atoms with Gasteiger partial charge in [-0.1, -0.05) is 40.2 Å². The Balaban J connectivity index is 1.34. The highest BCUT2D eigenvalue weighted by Gasteiger charge is 2.59. The summed E-state index contributed by atoms with van der Waals surface area (Å²) in [4.78, 5) is 36.2. The van der Waals surface area contributed by atoms with Crippen molar-refractivity contribution in [1.29, 1.82) is 0 Å². The number of nitrogens with zero attached hydrogens (tertiary/aromatic N) is 3. The highest BCUT2D eigenvalue weighted by Crippen LogP contribution is 2.52. The molecule has 0 spiro atoms. The predicted octanol–water partition coefficient (Wildman–Crippen LogP) is 4.08. The normalized spacial score (nSPS) is 25.7. The van der Waals surface area contributed by atoms with Crippen molar-refractivity contribution in [2.75, 3.05) is 0 Å². The lowest BCUT2D eigenvalue weighted by atomic mass is 9.85. The number of amides is 2. The number of fused-ring (bicyclic) bond motifs is 5. The molecule has 32 heavy (non-hydrogen) atoms. The summed E-state index contributed by atoms with van der Waals surface area (Å²) in [7, 11) is 0. The van der Waals surface area contributed by atoms with Gasteiger partial charge in [0.15, 0.2) is 0 Å². The number of hydrogen-bond acceptors (Lipinski definition) is 6. The first kappa shape index (κ1) is 20.6. The van der Waals surface area contributed by atoms with Crippen molar-refractivity contribution in [2.45, 2.75) is 13.0 Å². The molecular weight excluding hydrogens is 478 g/mol. The highest BCUT2D eigenvalue weighted by atomic mass is 79.9. The second-order valence-corrected chi connectivity index (χ2v) is 9.05. The standard InChI is InChI=1S/C23H18BrN3O5/c24-17-6-7-19(32-12-13-2-1-3-18(8-13)27(30)31)16(10-17)11-25-26-22(28)20-14-4-5-15(9-14)21(20)23(26)29/h1-8,10-11,14-15,20-21H,9,12H2/t14-,15-,20-,21+/m0/s1. The van der Waals surface area contributed by atoms with Gasteiger partial charge in [-0.15, -0.1) is 0 Å². The Bertz CT molecular complexity index is 1160. The maximum atomic E-state index is 12.8. The van der Waals surface area contributed by atoms with E-state index in [2.05, 4.69) is 21.0 Å². The molecule has 0 radical (unpaired) electrons. The summed E-state index contributed by atoms with van der Waals surface area (Å²) >= 11 is 3.41. The van der Waals surface area contributed by atoms with Crippen LogP contribution in [0.2, 0.25) is 0 Å². The smallest absolute Gasteiger partial charge is 0.269 e. The SMILES string of the molecule is O=C1[C@@H]2[C@H](C(=O)N1N=Cc1cc(Br)ccc1OCc1cccc([N+](=O)[O-])c1)[C@H]1C=C[C@H]2C1. The molecule has 2 aromatic rings. The van der Waals surface area contributed by atoms with Gasteiger partial charge in [0.2, 0.25) is 0 Å². The van der Waals surface area contributed by atoms with Crippen LogP contribution in [0.3, 0.4) is 0 Å². The molecule has 162 valence electrons. The van der Waals surface area contributed by atoms with Gasteiger partial charge in [0.25, 0.3) is 17.5 Å². The number of hydrogen-bond donors (Lipinski definition) is 0. The first-order valence-electron chi connectivity index (χ1n) is 10.2. The van der Waals surface area contributed by atoms with Gasteiger partial charge in [0, 0.05) is 22.2 Å². The van der Waals surface area contributed by atoms with Gasteiger partial charge >= 0.3 is 0 Å². The van der Waals surface area contributed by atoms with Gasteiger partial charge in [0.1, 0.15) is 12.4 Å². The summed E-state index contributed by atoms with van der Waals surface area (Å²) < 4.78 is 6.65. The van der Waals surface area contributed by atoms with Crippen LogP contribution >= 0.6 is 15.9 Å². The lowest BCUT2D eigenvalue weighted by Gasteiger charge is -2.13. The molecule has 0 unspecified atom stereocenters. The van der Waals surface area contributed by atoms with Crippen molar-refractivity contribution in [1.82, 2.24) is 5.01 Å². The van der Waals surface area contributed by atoms with E-state index in [0.717, 1.165) is 15.9 Å². The lowest BCUT2D eigenvalue weighted by Crippen LogP contribution is -2.28. The van der Waals surface area contributed by atoms with Crippen LogP contribution in [0.25, 0.3) is 0 Å². The molecule has 2 aliphatic carbocycles. The molecule has 2 aromatic carbocycles. The van der Waals surface area contributed by atoms with Gasteiger partial charge in [-0.3, -0.25) is 19.7 Å². The summed E-state index contributed by atoms with van der Waals surface area (Å²) in [6, 6.07) is 11.5. The largest absolute Gasteiger partial charge is 0.488 e. The quantitative estimate of drug-likeness (QED) is 0.197. The molecule has 1 heterocycles. The number of hydrazone groups is 1. The number of imide groups is 1. The van der Waals surface area contributed by atoms with Gasteiger partial charge in [-0.2, -0.15) is 10.1 Å². The Morgan fingerprint density at radius 2 is 1.84 bits per heavy atom. The predicted molar refractivity (Wildman–Crippen MR) is 119 cm³/mol. The fourth-order valence-electron chi connectivity index (χ4n) is 4.79. The minimum absolute atomic E-state index is 0.0104. The van der Waals surface area contributed by atoms with Crippen LogP contribution in [-0.2, 0) is 16.2 Å². The molecule has 0 aromatic heterocycles. The summed E-state index contributed by atoms with van der Waals surface area (Å²) in [5.41, 5.74) is 1.21. The fourth-order valence-corrected chi connectivity index (χ4v) is 5.17. The summed E-state index contributed by atoms with van der Waals surface area (Å²) in [5, 5.41) is 16.2. The van der Waals surface area contributed by atoms with Gasteiger partial charge in [-0.05, 0) is 42.0 Å². The average molecular weight is 496 g/mol. The third kappa shape index (κ3) is 3.52. The minimum Gasteiger partial charge on any atom is -0.488 e. The third-order valence-corrected chi connectivity index (χ3v) is 6.74. The first-order valence-corrected chi connectivity index (χ1v) is 11.0. The monoisotopic (exact) mass is 495 g/mol. The molecule has 1 saturated heterocycles. The van der Waals surface area contributed by atoms with Crippen molar-refractivity contribution >= 4 is 39.6 Å². The lowest BCUT2D eigenvalue weighted by molar-refractivity contribution is -0.384. The number of allylic oxidation sites excluding steroid dienone is 2. The molecule has 0 N–H and O–H groups in total. The fraction of sp³-hybridized carbons (Fsp3) is 0.261. The maximum absolute atomic E-state index is 12.8. The van der Waals surface area contributed by atoms with E-state index in [1.165, 1.54) is 18.3 Å². The van der Waals surface area contributed by atoms with E-state index in [1.807, 2.05) is 12.2 Å².